The minimum atomic E-state index is -0.271. The number of aromatic amines is 1. The Hall–Kier alpha value is -3.91. The van der Waals surface area contributed by atoms with Gasteiger partial charge in [0.25, 0.3) is 11.1 Å². The number of hydrogen-bond donors (Lipinski definition) is 1. The lowest BCUT2D eigenvalue weighted by molar-refractivity contribution is 0.414. The van der Waals surface area contributed by atoms with Crippen molar-refractivity contribution in [1.82, 2.24) is 19.5 Å². The SMILES string of the molecule is COc1cccc(-n2c(SC(C)c3nc4ccccc4c(=O)[nH]3)nc3ccccc3c2=O)c1. The number of methoxy groups -OCH3 is 1. The predicted molar refractivity (Wildman–Crippen MR) is 131 cm³/mol. The highest BCUT2D eigenvalue weighted by Gasteiger charge is 2.19. The fraction of sp³-hybridized carbons (Fsp3) is 0.120. The number of thioether (sulfide) groups is 1. The molecule has 164 valence electrons. The summed E-state index contributed by atoms with van der Waals surface area (Å²) in [6.07, 6.45) is 0. The van der Waals surface area contributed by atoms with E-state index >= 15 is 0 Å². The molecule has 0 bridgehead atoms. The van der Waals surface area contributed by atoms with Gasteiger partial charge in [0.05, 0.1) is 39.9 Å². The molecule has 0 aliphatic rings. The van der Waals surface area contributed by atoms with Gasteiger partial charge in [-0.05, 0) is 43.3 Å². The Labute approximate surface area is 193 Å². The third-order valence-electron chi connectivity index (χ3n) is 5.35. The lowest BCUT2D eigenvalue weighted by atomic mass is 10.2. The van der Waals surface area contributed by atoms with Crippen LogP contribution in [0.2, 0.25) is 0 Å². The fourth-order valence-electron chi connectivity index (χ4n) is 3.68. The van der Waals surface area contributed by atoms with E-state index in [0.29, 0.717) is 44.2 Å². The summed E-state index contributed by atoms with van der Waals surface area (Å²) < 4.78 is 6.93. The van der Waals surface area contributed by atoms with Gasteiger partial charge >= 0.3 is 0 Å². The molecule has 0 fully saturated rings. The van der Waals surface area contributed by atoms with Crippen molar-refractivity contribution < 1.29 is 4.74 Å². The summed E-state index contributed by atoms with van der Waals surface area (Å²) in [6.45, 7) is 1.93. The van der Waals surface area contributed by atoms with Gasteiger partial charge in [-0.3, -0.25) is 14.2 Å². The number of hydrogen-bond acceptors (Lipinski definition) is 6. The van der Waals surface area contributed by atoms with E-state index in [1.54, 1.807) is 29.9 Å². The van der Waals surface area contributed by atoms with Gasteiger partial charge in [0, 0.05) is 6.07 Å². The highest BCUT2D eigenvalue weighted by atomic mass is 32.2. The maximum Gasteiger partial charge on any atom is 0.266 e. The van der Waals surface area contributed by atoms with Crippen LogP contribution in [0.4, 0.5) is 0 Å². The third kappa shape index (κ3) is 3.89. The largest absolute Gasteiger partial charge is 0.497 e. The van der Waals surface area contributed by atoms with E-state index in [4.69, 9.17) is 9.72 Å². The maximum absolute atomic E-state index is 13.5. The monoisotopic (exact) mass is 456 g/mol. The van der Waals surface area contributed by atoms with E-state index < -0.39 is 0 Å². The van der Waals surface area contributed by atoms with E-state index in [0.717, 1.165) is 0 Å². The second-order valence-electron chi connectivity index (χ2n) is 7.48. The molecule has 0 saturated carbocycles. The molecular weight excluding hydrogens is 436 g/mol. The first-order valence-corrected chi connectivity index (χ1v) is 11.2. The first-order chi connectivity index (χ1) is 16.0. The van der Waals surface area contributed by atoms with Gasteiger partial charge in [-0.25, -0.2) is 9.97 Å². The average Bonchev–Trinajstić information content (AvgIpc) is 2.84. The number of rotatable bonds is 5. The second-order valence-corrected chi connectivity index (χ2v) is 8.79. The van der Waals surface area contributed by atoms with Gasteiger partial charge in [-0.2, -0.15) is 0 Å². The first kappa shape index (κ1) is 21.0. The molecule has 2 aromatic heterocycles. The topological polar surface area (TPSA) is 89.9 Å². The number of benzene rings is 3. The summed E-state index contributed by atoms with van der Waals surface area (Å²) in [6, 6.07) is 21.8. The van der Waals surface area contributed by atoms with Crippen molar-refractivity contribution in [1.29, 1.82) is 0 Å². The molecule has 33 heavy (non-hydrogen) atoms. The normalized spacial score (nSPS) is 12.2. The highest BCUT2D eigenvalue weighted by Crippen LogP contribution is 2.33. The van der Waals surface area contributed by atoms with Gasteiger partial charge in [0.1, 0.15) is 11.6 Å². The maximum atomic E-state index is 13.5. The van der Waals surface area contributed by atoms with Gasteiger partial charge in [0.15, 0.2) is 5.16 Å². The number of H-pyrrole nitrogens is 1. The van der Waals surface area contributed by atoms with Crippen LogP contribution in [-0.2, 0) is 0 Å². The molecule has 0 aliphatic carbocycles. The zero-order chi connectivity index (χ0) is 22.9. The minimum Gasteiger partial charge on any atom is -0.497 e. The van der Waals surface area contributed by atoms with Crippen LogP contribution in [0.3, 0.4) is 0 Å². The molecule has 5 aromatic rings. The zero-order valence-corrected chi connectivity index (χ0v) is 18.8. The zero-order valence-electron chi connectivity index (χ0n) is 18.0. The molecule has 2 heterocycles. The third-order valence-corrected chi connectivity index (χ3v) is 6.42. The lowest BCUT2D eigenvalue weighted by Gasteiger charge is -2.17. The number of aromatic nitrogens is 4. The summed E-state index contributed by atoms with van der Waals surface area (Å²) >= 11 is 1.36. The predicted octanol–water partition coefficient (Wildman–Crippen LogP) is 4.48. The molecule has 3 aromatic carbocycles. The molecule has 0 amide bonds. The highest BCUT2D eigenvalue weighted by molar-refractivity contribution is 7.99. The average molecular weight is 457 g/mol. The number of nitrogens with one attached hydrogen (secondary N) is 1. The van der Waals surface area contributed by atoms with E-state index in [1.807, 2.05) is 61.5 Å². The van der Waals surface area contributed by atoms with Crippen LogP contribution < -0.4 is 15.9 Å². The first-order valence-electron chi connectivity index (χ1n) is 10.4. The summed E-state index contributed by atoms with van der Waals surface area (Å²) in [7, 11) is 1.58. The van der Waals surface area contributed by atoms with Crippen LogP contribution in [0, 0.1) is 0 Å². The van der Waals surface area contributed by atoms with Gasteiger partial charge in [-0.15, -0.1) is 0 Å². The van der Waals surface area contributed by atoms with Crippen molar-refractivity contribution in [2.45, 2.75) is 17.3 Å². The Bertz CT molecular complexity index is 1610. The van der Waals surface area contributed by atoms with Crippen molar-refractivity contribution in [3.63, 3.8) is 0 Å². The van der Waals surface area contributed by atoms with Crippen LogP contribution in [0.5, 0.6) is 5.75 Å². The van der Waals surface area contributed by atoms with E-state index in [2.05, 4.69) is 9.97 Å². The fourth-order valence-corrected chi connectivity index (χ4v) is 4.66. The van der Waals surface area contributed by atoms with Crippen LogP contribution in [0.1, 0.15) is 18.0 Å². The molecule has 0 saturated heterocycles. The van der Waals surface area contributed by atoms with Crippen LogP contribution in [-0.4, -0.2) is 26.6 Å². The van der Waals surface area contributed by atoms with Crippen molar-refractivity contribution in [3.8, 4) is 11.4 Å². The molecule has 5 rings (SSSR count). The molecule has 0 spiro atoms. The standard InChI is InChI=1S/C25H20N4O3S/c1-15(22-26-20-12-5-3-10-18(20)23(30)28-22)33-25-27-21-13-6-4-11-19(21)24(31)29(25)16-8-7-9-17(14-16)32-2/h3-15H,1-2H3,(H,26,28,30). The van der Waals surface area contributed by atoms with E-state index in [1.165, 1.54) is 11.8 Å². The van der Waals surface area contributed by atoms with Crippen LogP contribution >= 0.6 is 11.8 Å². The molecule has 0 radical (unpaired) electrons. The quantitative estimate of drug-likeness (QED) is 0.310. The molecule has 1 atom stereocenters. The Morgan fingerprint density at radius 1 is 0.909 bits per heavy atom. The molecule has 0 aliphatic heterocycles. The van der Waals surface area contributed by atoms with Crippen molar-refractivity contribution >= 4 is 33.6 Å². The summed E-state index contributed by atoms with van der Waals surface area (Å²) in [4.78, 5) is 38.3. The van der Waals surface area contributed by atoms with E-state index in [9.17, 15) is 9.59 Å². The molecule has 1 N–H and O–H groups in total. The minimum absolute atomic E-state index is 0.177. The Balaban J connectivity index is 1.66. The number of ether oxygens (including phenoxy) is 1. The smallest absolute Gasteiger partial charge is 0.266 e. The summed E-state index contributed by atoms with van der Waals surface area (Å²) in [5.41, 5.74) is 1.51. The molecule has 7 nitrogen and oxygen atoms in total. The van der Waals surface area contributed by atoms with Crippen LogP contribution in [0.25, 0.3) is 27.5 Å². The van der Waals surface area contributed by atoms with Gasteiger partial charge in [0.2, 0.25) is 0 Å². The van der Waals surface area contributed by atoms with Crippen molar-refractivity contribution in [2.75, 3.05) is 7.11 Å². The molecular formula is C25H20N4O3S. The van der Waals surface area contributed by atoms with E-state index in [-0.39, 0.29) is 16.4 Å². The molecule has 8 heteroatoms. The Morgan fingerprint density at radius 3 is 2.36 bits per heavy atom. The lowest BCUT2D eigenvalue weighted by Crippen LogP contribution is -2.22. The Morgan fingerprint density at radius 2 is 1.61 bits per heavy atom. The number of para-hydroxylation sites is 2. The summed E-state index contributed by atoms with van der Waals surface area (Å²) in [5, 5.41) is 1.28. The molecule has 1 unspecified atom stereocenters. The van der Waals surface area contributed by atoms with Crippen LogP contribution in [0.15, 0.2) is 87.5 Å². The van der Waals surface area contributed by atoms with Gasteiger partial charge < -0.3 is 9.72 Å². The summed E-state index contributed by atoms with van der Waals surface area (Å²) in [5.74, 6) is 1.15. The van der Waals surface area contributed by atoms with Crippen molar-refractivity contribution in [3.05, 3.63) is 99.3 Å². The number of fused-ring (bicyclic) bond motifs is 2. The van der Waals surface area contributed by atoms with Gasteiger partial charge in [-0.1, -0.05) is 42.1 Å². The Kier molecular flexibility index (Phi) is 5.43. The number of nitrogens with zero attached hydrogens (tertiary/aromatic N) is 3. The van der Waals surface area contributed by atoms with Crippen molar-refractivity contribution in [2.24, 2.45) is 0 Å². The second kappa shape index (κ2) is 8.55.